The van der Waals surface area contributed by atoms with E-state index < -0.39 is 4.92 Å². The molecule has 0 radical (unpaired) electrons. The van der Waals surface area contributed by atoms with Crippen molar-refractivity contribution in [1.82, 2.24) is 4.98 Å². The molecule has 0 saturated carbocycles. The number of aromatic nitrogens is 1. The van der Waals surface area contributed by atoms with Gasteiger partial charge in [0, 0.05) is 6.42 Å². The first-order valence-electron chi connectivity index (χ1n) is 6.32. The van der Waals surface area contributed by atoms with Crippen molar-refractivity contribution in [3.05, 3.63) is 58.3 Å². The second-order valence-electron chi connectivity index (χ2n) is 4.56. The van der Waals surface area contributed by atoms with E-state index in [-0.39, 0.29) is 11.9 Å². The highest BCUT2D eigenvalue weighted by molar-refractivity contribution is 5.56. The minimum Gasteiger partial charge on any atom is -0.488 e. The van der Waals surface area contributed by atoms with Crippen molar-refractivity contribution in [2.75, 3.05) is 11.9 Å². The lowest BCUT2D eigenvalue weighted by molar-refractivity contribution is -0.388. The van der Waals surface area contributed by atoms with Crippen molar-refractivity contribution >= 4 is 11.5 Å². The molecule has 0 saturated heterocycles. The monoisotopic (exact) mass is 271 g/mol. The Morgan fingerprint density at radius 2 is 2.20 bits per heavy atom. The van der Waals surface area contributed by atoms with Crippen LogP contribution in [0.1, 0.15) is 5.56 Å². The number of nitro groups is 1. The summed E-state index contributed by atoms with van der Waals surface area (Å²) in [5.74, 6) is 0.725. The fourth-order valence-corrected chi connectivity index (χ4v) is 2.27. The second-order valence-corrected chi connectivity index (χ2v) is 4.56. The highest BCUT2D eigenvalue weighted by atomic mass is 16.6. The van der Waals surface area contributed by atoms with Crippen LogP contribution in [0.2, 0.25) is 0 Å². The van der Waals surface area contributed by atoms with Crippen molar-refractivity contribution in [2.45, 2.75) is 12.5 Å². The third-order valence-corrected chi connectivity index (χ3v) is 3.19. The zero-order valence-corrected chi connectivity index (χ0v) is 10.7. The Kier molecular flexibility index (Phi) is 3.20. The summed E-state index contributed by atoms with van der Waals surface area (Å²) >= 11 is 0. The standard InChI is InChI=1S/C14H13N3O3/c18-17(19)14-12(5-3-7-15-14)16-9-11-8-10-4-1-2-6-13(10)20-11/h1-7,11,16H,8-9H2. The third-order valence-electron chi connectivity index (χ3n) is 3.19. The van der Waals surface area contributed by atoms with Crippen LogP contribution in [-0.2, 0) is 6.42 Å². The first-order valence-corrected chi connectivity index (χ1v) is 6.32. The van der Waals surface area contributed by atoms with Gasteiger partial charge in [-0.05, 0) is 33.7 Å². The normalized spacial score (nSPS) is 16.3. The van der Waals surface area contributed by atoms with Gasteiger partial charge in [-0.15, -0.1) is 0 Å². The topological polar surface area (TPSA) is 77.3 Å². The molecular weight excluding hydrogens is 258 g/mol. The molecule has 0 bridgehead atoms. The van der Waals surface area contributed by atoms with E-state index in [1.807, 2.05) is 24.3 Å². The van der Waals surface area contributed by atoms with Crippen LogP contribution in [0.4, 0.5) is 11.5 Å². The molecule has 1 aliphatic rings. The Morgan fingerprint density at radius 3 is 3.00 bits per heavy atom. The number of anilines is 1. The molecule has 6 heteroatoms. The maximum absolute atomic E-state index is 10.9. The summed E-state index contributed by atoms with van der Waals surface area (Å²) in [5.41, 5.74) is 1.58. The number of nitrogens with one attached hydrogen (secondary N) is 1. The summed E-state index contributed by atoms with van der Waals surface area (Å²) in [6.07, 6.45) is 2.19. The zero-order valence-electron chi connectivity index (χ0n) is 10.7. The summed E-state index contributed by atoms with van der Waals surface area (Å²) in [6, 6.07) is 11.2. The highest BCUT2D eigenvalue weighted by Gasteiger charge is 2.23. The number of hydrogen-bond donors (Lipinski definition) is 1. The quantitative estimate of drug-likeness (QED) is 0.682. The Bertz CT molecular complexity index is 620. The summed E-state index contributed by atoms with van der Waals surface area (Å²) in [4.78, 5) is 14.1. The number of ether oxygens (including phenoxy) is 1. The number of rotatable bonds is 4. The minimum atomic E-state index is -0.493. The number of benzene rings is 1. The molecule has 2 heterocycles. The molecule has 102 valence electrons. The van der Waals surface area contributed by atoms with E-state index in [0.717, 1.165) is 12.2 Å². The van der Waals surface area contributed by atoms with Gasteiger partial charge in [-0.2, -0.15) is 0 Å². The van der Waals surface area contributed by atoms with E-state index in [2.05, 4.69) is 10.3 Å². The number of hydrogen-bond acceptors (Lipinski definition) is 5. The molecule has 1 N–H and O–H groups in total. The Morgan fingerprint density at radius 1 is 1.35 bits per heavy atom. The van der Waals surface area contributed by atoms with Crippen LogP contribution in [0, 0.1) is 10.1 Å². The summed E-state index contributed by atoms with van der Waals surface area (Å²) in [7, 11) is 0. The van der Waals surface area contributed by atoms with Crippen LogP contribution in [0.5, 0.6) is 5.75 Å². The lowest BCUT2D eigenvalue weighted by Gasteiger charge is -2.12. The summed E-state index contributed by atoms with van der Waals surface area (Å²) in [5, 5.41) is 13.9. The molecule has 1 aromatic carbocycles. The van der Waals surface area contributed by atoms with Crippen molar-refractivity contribution in [3.8, 4) is 5.75 Å². The molecule has 1 aromatic heterocycles. The molecule has 0 fully saturated rings. The predicted molar refractivity (Wildman–Crippen MR) is 73.9 cm³/mol. The molecule has 20 heavy (non-hydrogen) atoms. The highest BCUT2D eigenvalue weighted by Crippen LogP contribution is 2.28. The van der Waals surface area contributed by atoms with Gasteiger partial charge in [-0.25, -0.2) is 0 Å². The number of fused-ring (bicyclic) bond motifs is 1. The maximum Gasteiger partial charge on any atom is 0.386 e. The van der Waals surface area contributed by atoms with Crippen molar-refractivity contribution in [1.29, 1.82) is 0 Å². The smallest absolute Gasteiger partial charge is 0.386 e. The van der Waals surface area contributed by atoms with E-state index in [9.17, 15) is 10.1 Å². The largest absolute Gasteiger partial charge is 0.488 e. The second kappa shape index (κ2) is 5.16. The van der Waals surface area contributed by atoms with Gasteiger partial charge < -0.3 is 20.2 Å². The van der Waals surface area contributed by atoms with E-state index in [1.54, 1.807) is 12.1 Å². The number of nitrogens with zero attached hydrogens (tertiary/aromatic N) is 2. The lowest BCUT2D eigenvalue weighted by atomic mass is 10.1. The van der Waals surface area contributed by atoms with Gasteiger partial charge in [0.05, 0.1) is 6.54 Å². The van der Waals surface area contributed by atoms with E-state index in [4.69, 9.17) is 4.74 Å². The van der Waals surface area contributed by atoms with Crippen LogP contribution >= 0.6 is 0 Å². The summed E-state index contributed by atoms with van der Waals surface area (Å²) in [6.45, 7) is 0.501. The molecule has 1 unspecified atom stereocenters. The maximum atomic E-state index is 10.9. The average molecular weight is 271 g/mol. The molecule has 0 spiro atoms. The van der Waals surface area contributed by atoms with E-state index in [1.165, 1.54) is 11.8 Å². The first-order chi connectivity index (χ1) is 9.74. The van der Waals surface area contributed by atoms with Gasteiger partial charge in [0.15, 0.2) is 0 Å². The van der Waals surface area contributed by atoms with Gasteiger partial charge in [-0.1, -0.05) is 18.2 Å². The first kappa shape index (κ1) is 12.4. The Hall–Kier alpha value is -2.63. The fraction of sp³-hybridized carbons (Fsp3) is 0.214. The molecule has 0 aliphatic carbocycles. The fourth-order valence-electron chi connectivity index (χ4n) is 2.27. The molecule has 1 aliphatic heterocycles. The van der Waals surface area contributed by atoms with Gasteiger partial charge in [-0.3, -0.25) is 0 Å². The van der Waals surface area contributed by atoms with Gasteiger partial charge >= 0.3 is 5.82 Å². The number of para-hydroxylation sites is 1. The SMILES string of the molecule is O=[N+]([O-])c1ncccc1NCC1Cc2ccccc2O1. The minimum absolute atomic E-state index is 0.0211. The van der Waals surface area contributed by atoms with Crippen LogP contribution in [0.3, 0.4) is 0 Å². The van der Waals surface area contributed by atoms with Crippen LogP contribution in [0.15, 0.2) is 42.6 Å². The van der Waals surface area contributed by atoms with Crippen LogP contribution < -0.4 is 10.1 Å². The Labute approximate surface area is 115 Å². The molecule has 1 atom stereocenters. The van der Waals surface area contributed by atoms with Gasteiger partial charge in [0.2, 0.25) is 0 Å². The Balaban J connectivity index is 1.66. The molecule has 6 nitrogen and oxygen atoms in total. The van der Waals surface area contributed by atoms with Gasteiger partial charge in [0.25, 0.3) is 0 Å². The van der Waals surface area contributed by atoms with Crippen LogP contribution in [-0.4, -0.2) is 22.6 Å². The molecule has 0 amide bonds. The zero-order chi connectivity index (χ0) is 13.9. The molecular formula is C14H13N3O3. The lowest BCUT2D eigenvalue weighted by Crippen LogP contribution is -2.24. The molecule has 3 rings (SSSR count). The predicted octanol–water partition coefficient (Wildman–Crippen LogP) is 2.41. The number of pyridine rings is 1. The van der Waals surface area contributed by atoms with Gasteiger partial charge in [0.1, 0.15) is 23.7 Å². The van der Waals surface area contributed by atoms with Crippen molar-refractivity contribution in [2.24, 2.45) is 0 Å². The summed E-state index contributed by atoms with van der Waals surface area (Å²) < 4.78 is 5.78. The van der Waals surface area contributed by atoms with E-state index >= 15 is 0 Å². The molecule has 2 aromatic rings. The van der Waals surface area contributed by atoms with Crippen LogP contribution in [0.25, 0.3) is 0 Å². The average Bonchev–Trinajstić information content (AvgIpc) is 2.88. The third kappa shape index (κ3) is 2.40. The van der Waals surface area contributed by atoms with E-state index in [0.29, 0.717) is 12.2 Å². The van der Waals surface area contributed by atoms with Crippen molar-refractivity contribution < 1.29 is 9.66 Å². The van der Waals surface area contributed by atoms with Crippen molar-refractivity contribution in [3.63, 3.8) is 0 Å².